The SMILES string of the molecule is CCc1ccc(-c2c(N)c(C(C)=O)c(C)n2C)cc1. The third-order valence-corrected chi connectivity index (χ3v) is 3.71. The van der Waals surface area contributed by atoms with E-state index in [4.69, 9.17) is 5.73 Å². The number of nitrogens with zero attached hydrogens (tertiary/aromatic N) is 1. The van der Waals surface area contributed by atoms with Crippen LogP contribution in [0, 0.1) is 6.92 Å². The zero-order chi connectivity index (χ0) is 14.2. The van der Waals surface area contributed by atoms with Gasteiger partial charge in [-0.15, -0.1) is 0 Å². The Hall–Kier alpha value is -2.03. The lowest BCUT2D eigenvalue weighted by atomic mass is 10.0. The summed E-state index contributed by atoms with van der Waals surface area (Å²) in [4.78, 5) is 11.7. The molecule has 2 N–H and O–H groups in total. The highest BCUT2D eigenvalue weighted by molar-refractivity contribution is 6.04. The van der Waals surface area contributed by atoms with Crippen molar-refractivity contribution in [3.63, 3.8) is 0 Å². The summed E-state index contributed by atoms with van der Waals surface area (Å²) in [5.41, 5.74) is 11.6. The molecule has 0 aliphatic carbocycles. The third kappa shape index (κ3) is 2.16. The summed E-state index contributed by atoms with van der Waals surface area (Å²) in [6.45, 7) is 5.61. The Bertz CT molecular complexity index is 621. The van der Waals surface area contributed by atoms with Crippen molar-refractivity contribution < 1.29 is 4.79 Å². The second-order valence-corrected chi connectivity index (χ2v) is 4.89. The van der Waals surface area contributed by atoms with Gasteiger partial charge in [-0.25, -0.2) is 0 Å². The van der Waals surface area contributed by atoms with Crippen LogP contribution in [0.1, 0.15) is 35.5 Å². The van der Waals surface area contributed by atoms with Crippen LogP contribution in [0.15, 0.2) is 24.3 Å². The van der Waals surface area contributed by atoms with Crippen molar-refractivity contribution in [3.8, 4) is 11.3 Å². The fourth-order valence-electron chi connectivity index (χ4n) is 2.52. The van der Waals surface area contributed by atoms with E-state index in [-0.39, 0.29) is 5.78 Å². The normalized spacial score (nSPS) is 10.7. The zero-order valence-corrected chi connectivity index (χ0v) is 11.9. The zero-order valence-electron chi connectivity index (χ0n) is 11.9. The van der Waals surface area contributed by atoms with E-state index in [9.17, 15) is 4.79 Å². The summed E-state index contributed by atoms with van der Waals surface area (Å²) in [6, 6.07) is 8.33. The van der Waals surface area contributed by atoms with E-state index < -0.39 is 0 Å². The molecule has 19 heavy (non-hydrogen) atoms. The van der Waals surface area contributed by atoms with Crippen molar-refractivity contribution in [2.75, 3.05) is 5.73 Å². The van der Waals surface area contributed by atoms with Crippen LogP contribution < -0.4 is 5.73 Å². The number of hydrogen-bond donors (Lipinski definition) is 1. The van der Waals surface area contributed by atoms with Gasteiger partial charge in [0.2, 0.25) is 0 Å². The van der Waals surface area contributed by atoms with Crippen LogP contribution >= 0.6 is 0 Å². The van der Waals surface area contributed by atoms with Gasteiger partial charge in [-0.05, 0) is 25.8 Å². The van der Waals surface area contributed by atoms with Gasteiger partial charge >= 0.3 is 0 Å². The predicted molar refractivity (Wildman–Crippen MR) is 79.4 cm³/mol. The highest BCUT2D eigenvalue weighted by Crippen LogP contribution is 2.33. The Morgan fingerprint density at radius 2 is 1.84 bits per heavy atom. The lowest BCUT2D eigenvalue weighted by Crippen LogP contribution is -1.98. The Kier molecular flexibility index (Phi) is 3.47. The maximum absolute atomic E-state index is 11.7. The summed E-state index contributed by atoms with van der Waals surface area (Å²) in [5.74, 6) is 0.0158. The van der Waals surface area contributed by atoms with Crippen molar-refractivity contribution in [1.82, 2.24) is 4.57 Å². The van der Waals surface area contributed by atoms with Crippen LogP contribution in [-0.2, 0) is 13.5 Å². The van der Waals surface area contributed by atoms with Gasteiger partial charge in [0.1, 0.15) is 0 Å². The van der Waals surface area contributed by atoms with E-state index in [2.05, 4.69) is 31.2 Å². The molecule has 100 valence electrons. The van der Waals surface area contributed by atoms with Crippen molar-refractivity contribution in [2.24, 2.45) is 7.05 Å². The Morgan fingerprint density at radius 3 is 2.26 bits per heavy atom. The van der Waals surface area contributed by atoms with Gasteiger partial charge in [-0.3, -0.25) is 4.79 Å². The number of Topliss-reactive ketones (excluding diaryl/α,β-unsaturated/α-hetero) is 1. The van der Waals surface area contributed by atoms with Gasteiger partial charge in [0.15, 0.2) is 5.78 Å². The van der Waals surface area contributed by atoms with Gasteiger partial charge in [0, 0.05) is 18.3 Å². The summed E-state index contributed by atoms with van der Waals surface area (Å²) >= 11 is 0. The molecule has 1 aromatic heterocycles. The minimum absolute atomic E-state index is 0.0158. The van der Waals surface area contributed by atoms with Crippen LogP contribution in [0.3, 0.4) is 0 Å². The lowest BCUT2D eigenvalue weighted by Gasteiger charge is -2.07. The molecule has 0 saturated carbocycles. The van der Waals surface area contributed by atoms with Crippen molar-refractivity contribution in [3.05, 3.63) is 41.1 Å². The lowest BCUT2D eigenvalue weighted by molar-refractivity contribution is 0.101. The topological polar surface area (TPSA) is 48.0 Å². The van der Waals surface area contributed by atoms with Gasteiger partial charge in [-0.1, -0.05) is 31.2 Å². The molecule has 0 bridgehead atoms. The second-order valence-electron chi connectivity index (χ2n) is 4.89. The number of anilines is 1. The van der Waals surface area contributed by atoms with E-state index in [1.54, 1.807) is 6.92 Å². The van der Waals surface area contributed by atoms with Crippen LogP contribution in [0.4, 0.5) is 5.69 Å². The molecule has 3 nitrogen and oxygen atoms in total. The third-order valence-electron chi connectivity index (χ3n) is 3.71. The van der Waals surface area contributed by atoms with E-state index in [1.807, 2.05) is 18.5 Å². The van der Waals surface area contributed by atoms with Crippen LogP contribution in [-0.4, -0.2) is 10.4 Å². The van der Waals surface area contributed by atoms with E-state index in [0.717, 1.165) is 23.4 Å². The molecule has 2 rings (SSSR count). The first-order chi connectivity index (χ1) is 8.97. The summed E-state index contributed by atoms with van der Waals surface area (Å²) in [6.07, 6.45) is 1.01. The summed E-state index contributed by atoms with van der Waals surface area (Å²) in [5, 5.41) is 0. The molecule has 1 heterocycles. The number of carbonyl (C=O) groups is 1. The molecule has 0 saturated heterocycles. The molecule has 1 aromatic carbocycles. The van der Waals surface area contributed by atoms with Gasteiger partial charge in [0.05, 0.1) is 16.9 Å². The van der Waals surface area contributed by atoms with Crippen molar-refractivity contribution >= 4 is 11.5 Å². The minimum atomic E-state index is 0.0158. The number of hydrogen-bond acceptors (Lipinski definition) is 2. The monoisotopic (exact) mass is 256 g/mol. The summed E-state index contributed by atoms with van der Waals surface area (Å²) < 4.78 is 1.99. The van der Waals surface area contributed by atoms with Gasteiger partial charge in [-0.2, -0.15) is 0 Å². The number of benzene rings is 1. The number of aromatic nitrogens is 1. The van der Waals surface area contributed by atoms with Gasteiger partial charge in [0.25, 0.3) is 0 Å². The summed E-state index contributed by atoms with van der Waals surface area (Å²) in [7, 11) is 1.95. The van der Waals surface area contributed by atoms with Crippen LogP contribution in [0.2, 0.25) is 0 Å². The smallest absolute Gasteiger partial charge is 0.163 e. The second kappa shape index (κ2) is 4.92. The molecule has 0 fully saturated rings. The van der Waals surface area contributed by atoms with Gasteiger partial charge < -0.3 is 10.3 Å². The minimum Gasteiger partial charge on any atom is -0.396 e. The first-order valence-electron chi connectivity index (χ1n) is 6.52. The number of aryl methyl sites for hydroxylation is 1. The molecule has 3 heteroatoms. The molecule has 0 spiro atoms. The molecular formula is C16H20N2O. The fraction of sp³-hybridized carbons (Fsp3) is 0.312. The number of ketones is 1. The average Bonchev–Trinajstić information content (AvgIpc) is 2.60. The Morgan fingerprint density at radius 1 is 1.26 bits per heavy atom. The van der Waals surface area contributed by atoms with Crippen LogP contribution in [0.25, 0.3) is 11.3 Å². The highest BCUT2D eigenvalue weighted by atomic mass is 16.1. The van der Waals surface area contributed by atoms with E-state index in [0.29, 0.717) is 11.3 Å². The standard InChI is InChI=1S/C16H20N2O/c1-5-12-6-8-13(9-7-12)16-15(17)14(11(3)19)10(2)18(16)4/h6-9H,5,17H2,1-4H3. The predicted octanol–water partition coefficient (Wildman–Crippen LogP) is 3.35. The van der Waals surface area contributed by atoms with Crippen molar-refractivity contribution in [1.29, 1.82) is 0 Å². The molecular weight excluding hydrogens is 236 g/mol. The van der Waals surface area contributed by atoms with E-state index in [1.165, 1.54) is 5.56 Å². The molecule has 0 unspecified atom stereocenters. The quantitative estimate of drug-likeness (QED) is 0.856. The molecule has 0 atom stereocenters. The molecule has 0 aliphatic rings. The first kappa shape index (κ1) is 13.4. The average molecular weight is 256 g/mol. The molecule has 0 aliphatic heterocycles. The number of nitrogen functional groups attached to an aromatic ring is 1. The highest BCUT2D eigenvalue weighted by Gasteiger charge is 2.20. The first-order valence-corrected chi connectivity index (χ1v) is 6.52. The number of carbonyl (C=O) groups excluding carboxylic acids is 1. The Labute approximate surface area is 114 Å². The van der Waals surface area contributed by atoms with E-state index >= 15 is 0 Å². The molecule has 0 radical (unpaired) electrons. The maximum atomic E-state index is 11.7. The Balaban J connectivity index is 2.62. The van der Waals surface area contributed by atoms with Crippen molar-refractivity contribution in [2.45, 2.75) is 27.2 Å². The number of nitrogens with two attached hydrogens (primary N) is 1. The number of rotatable bonds is 3. The maximum Gasteiger partial charge on any atom is 0.163 e. The fourth-order valence-corrected chi connectivity index (χ4v) is 2.52. The van der Waals surface area contributed by atoms with Crippen LogP contribution in [0.5, 0.6) is 0 Å². The largest absolute Gasteiger partial charge is 0.396 e. The molecule has 2 aromatic rings. The molecule has 0 amide bonds.